The maximum absolute atomic E-state index is 9.13. The fourth-order valence-electron chi connectivity index (χ4n) is 1.55. The Morgan fingerprint density at radius 3 is 2.76 bits per heavy atom. The first-order chi connectivity index (χ1) is 8.31. The molecule has 1 unspecified atom stereocenters. The van der Waals surface area contributed by atoms with Crippen molar-refractivity contribution >= 4 is 11.6 Å². The Morgan fingerprint density at radius 2 is 2.12 bits per heavy atom. The van der Waals surface area contributed by atoms with E-state index in [2.05, 4.69) is 11.4 Å². The van der Waals surface area contributed by atoms with Gasteiger partial charge in [0, 0.05) is 10.6 Å². The van der Waals surface area contributed by atoms with Gasteiger partial charge in [0.2, 0.25) is 0 Å². The molecule has 0 amide bonds. The van der Waals surface area contributed by atoms with Gasteiger partial charge in [-0.3, -0.25) is 5.32 Å². The van der Waals surface area contributed by atoms with Crippen LogP contribution in [0.5, 0.6) is 0 Å². The van der Waals surface area contributed by atoms with Crippen molar-refractivity contribution in [1.82, 2.24) is 5.32 Å². The third kappa shape index (κ3) is 2.88. The van der Waals surface area contributed by atoms with Gasteiger partial charge in [-0.25, -0.2) is 0 Å². The summed E-state index contributed by atoms with van der Waals surface area (Å²) < 4.78 is 5.19. The SMILES string of the molecule is N#CC(NCc1ccco1)c1ccccc1Cl. The van der Waals surface area contributed by atoms with Gasteiger partial charge in [-0.2, -0.15) is 5.26 Å². The molecule has 86 valence electrons. The van der Waals surface area contributed by atoms with Crippen LogP contribution in [0.15, 0.2) is 47.1 Å². The molecular formula is C13H11ClN2O. The molecule has 0 aliphatic rings. The smallest absolute Gasteiger partial charge is 0.123 e. The minimum atomic E-state index is -0.436. The van der Waals surface area contributed by atoms with Gasteiger partial charge in [0.15, 0.2) is 0 Å². The molecule has 4 heteroatoms. The van der Waals surface area contributed by atoms with Gasteiger partial charge in [0.25, 0.3) is 0 Å². The fourth-order valence-corrected chi connectivity index (χ4v) is 1.80. The summed E-state index contributed by atoms with van der Waals surface area (Å²) in [5, 5.41) is 12.8. The van der Waals surface area contributed by atoms with Gasteiger partial charge in [-0.15, -0.1) is 0 Å². The van der Waals surface area contributed by atoms with Crippen LogP contribution in [-0.4, -0.2) is 0 Å². The van der Waals surface area contributed by atoms with Gasteiger partial charge < -0.3 is 4.42 Å². The van der Waals surface area contributed by atoms with Crippen molar-refractivity contribution in [1.29, 1.82) is 5.26 Å². The van der Waals surface area contributed by atoms with Crippen LogP contribution in [0.25, 0.3) is 0 Å². The molecule has 1 aromatic heterocycles. The second kappa shape index (κ2) is 5.53. The zero-order valence-corrected chi connectivity index (χ0v) is 9.82. The lowest BCUT2D eigenvalue weighted by Crippen LogP contribution is -2.19. The summed E-state index contributed by atoms with van der Waals surface area (Å²) in [7, 11) is 0. The summed E-state index contributed by atoms with van der Waals surface area (Å²) in [6.07, 6.45) is 1.61. The predicted octanol–water partition coefficient (Wildman–Crippen LogP) is 3.29. The van der Waals surface area contributed by atoms with Crippen molar-refractivity contribution < 1.29 is 4.42 Å². The molecule has 0 bridgehead atoms. The van der Waals surface area contributed by atoms with Crippen molar-refractivity contribution in [3.8, 4) is 6.07 Å². The molecule has 0 aliphatic heterocycles. The lowest BCUT2D eigenvalue weighted by Gasteiger charge is -2.12. The molecule has 1 N–H and O–H groups in total. The van der Waals surface area contributed by atoms with Gasteiger partial charge in [0.05, 0.1) is 18.9 Å². The number of nitriles is 1. The molecule has 2 rings (SSSR count). The van der Waals surface area contributed by atoms with E-state index in [1.54, 1.807) is 12.3 Å². The Hall–Kier alpha value is -1.76. The number of hydrogen-bond acceptors (Lipinski definition) is 3. The van der Waals surface area contributed by atoms with E-state index < -0.39 is 6.04 Å². The van der Waals surface area contributed by atoms with Crippen LogP contribution < -0.4 is 5.32 Å². The number of benzene rings is 1. The largest absolute Gasteiger partial charge is 0.468 e. The first-order valence-corrected chi connectivity index (χ1v) is 5.59. The minimum Gasteiger partial charge on any atom is -0.468 e. The third-order valence-corrected chi connectivity index (χ3v) is 2.75. The van der Waals surface area contributed by atoms with E-state index in [1.165, 1.54) is 0 Å². The zero-order chi connectivity index (χ0) is 12.1. The summed E-state index contributed by atoms with van der Waals surface area (Å²) >= 11 is 6.04. The van der Waals surface area contributed by atoms with Crippen LogP contribution in [-0.2, 0) is 6.54 Å². The van der Waals surface area contributed by atoms with E-state index in [-0.39, 0.29) is 0 Å². The molecule has 2 aromatic rings. The topological polar surface area (TPSA) is 49.0 Å². The van der Waals surface area contributed by atoms with Crippen LogP contribution in [0, 0.1) is 11.3 Å². The summed E-state index contributed by atoms with van der Waals surface area (Å²) in [6.45, 7) is 0.496. The predicted molar refractivity (Wildman–Crippen MR) is 65.4 cm³/mol. The van der Waals surface area contributed by atoms with E-state index in [9.17, 15) is 0 Å². The first-order valence-electron chi connectivity index (χ1n) is 5.21. The lowest BCUT2D eigenvalue weighted by atomic mass is 10.1. The maximum Gasteiger partial charge on any atom is 0.123 e. The molecule has 1 aromatic carbocycles. The summed E-state index contributed by atoms with van der Waals surface area (Å²) in [4.78, 5) is 0. The average Bonchev–Trinajstić information content (AvgIpc) is 2.85. The highest BCUT2D eigenvalue weighted by molar-refractivity contribution is 6.31. The lowest BCUT2D eigenvalue weighted by molar-refractivity contribution is 0.473. The summed E-state index contributed by atoms with van der Waals surface area (Å²) in [5.74, 6) is 0.789. The van der Waals surface area contributed by atoms with Crippen LogP contribution >= 0.6 is 11.6 Å². The number of nitrogens with zero attached hydrogens (tertiary/aromatic N) is 1. The monoisotopic (exact) mass is 246 g/mol. The highest BCUT2D eigenvalue weighted by Crippen LogP contribution is 2.22. The standard InChI is InChI=1S/C13H11ClN2O/c14-12-6-2-1-5-11(12)13(8-15)16-9-10-4-3-7-17-10/h1-7,13,16H,9H2. The molecule has 1 heterocycles. The second-order valence-corrected chi connectivity index (χ2v) is 3.95. The molecule has 0 aliphatic carbocycles. The second-order valence-electron chi connectivity index (χ2n) is 3.54. The number of halogens is 1. The zero-order valence-electron chi connectivity index (χ0n) is 9.06. The summed E-state index contributed by atoms with van der Waals surface area (Å²) in [6, 6.07) is 12.7. The van der Waals surface area contributed by atoms with Crippen molar-refractivity contribution in [3.05, 3.63) is 59.0 Å². The Labute approximate surface area is 105 Å². The van der Waals surface area contributed by atoms with E-state index in [4.69, 9.17) is 21.3 Å². The number of hydrogen-bond donors (Lipinski definition) is 1. The molecule has 1 atom stereocenters. The van der Waals surface area contributed by atoms with E-state index in [0.717, 1.165) is 11.3 Å². The fraction of sp³-hybridized carbons (Fsp3) is 0.154. The molecule has 0 saturated heterocycles. The van der Waals surface area contributed by atoms with Crippen LogP contribution in [0.3, 0.4) is 0 Å². The molecule has 3 nitrogen and oxygen atoms in total. The minimum absolute atomic E-state index is 0.436. The van der Waals surface area contributed by atoms with Crippen molar-refractivity contribution in [3.63, 3.8) is 0 Å². The Balaban J connectivity index is 2.08. The number of furan rings is 1. The average molecular weight is 247 g/mol. The van der Waals surface area contributed by atoms with E-state index in [0.29, 0.717) is 11.6 Å². The van der Waals surface area contributed by atoms with Crippen LogP contribution in [0.2, 0.25) is 5.02 Å². The third-order valence-electron chi connectivity index (χ3n) is 2.41. The molecular weight excluding hydrogens is 236 g/mol. The molecule has 0 radical (unpaired) electrons. The molecule has 17 heavy (non-hydrogen) atoms. The Morgan fingerprint density at radius 1 is 1.29 bits per heavy atom. The van der Waals surface area contributed by atoms with Crippen molar-refractivity contribution in [2.45, 2.75) is 12.6 Å². The number of nitrogens with one attached hydrogen (secondary N) is 1. The molecule has 0 spiro atoms. The maximum atomic E-state index is 9.13. The molecule has 0 fully saturated rings. The quantitative estimate of drug-likeness (QED) is 0.901. The number of rotatable bonds is 4. The highest BCUT2D eigenvalue weighted by Gasteiger charge is 2.13. The summed E-state index contributed by atoms with van der Waals surface area (Å²) in [5.41, 5.74) is 0.781. The van der Waals surface area contributed by atoms with Crippen molar-refractivity contribution in [2.75, 3.05) is 0 Å². The van der Waals surface area contributed by atoms with Gasteiger partial charge in [0.1, 0.15) is 11.8 Å². The van der Waals surface area contributed by atoms with E-state index in [1.807, 2.05) is 30.3 Å². The van der Waals surface area contributed by atoms with Crippen LogP contribution in [0.1, 0.15) is 17.4 Å². The Bertz CT molecular complexity index is 516. The van der Waals surface area contributed by atoms with Gasteiger partial charge in [-0.1, -0.05) is 29.8 Å². The van der Waals surface area contributed by atoms with Crippen molar-refractivity contribution in [2.24, 2.45) is 0 Å². The van der Waals surface area contributed by atoms with Crippen LogP contribution in [0.4, 0.5) is 0 Å². The van der Waals surface area contributed by atoms with Gasteiger partial charge in [-0.05, 0) is 18.2 Å². The Kier molecular flexibility index (Phi) is 3.81. The highest BCUT2D eigenvalue weighted by atomic mass is 35.5. The molecule has 0 saturated carbocycles. The van der Waals surface area contributed by atoms with Gasteiger partial charge >= 0.3 is 0 Å². The normalized spacial score (nSPS) is 12.0. The first kappa shape index (κ1) is 11.7. The van der Waals surface area contributed by atoms with E-state index >= 15 is 0 Å².